The van der Waals surface area contributed by atoms with Crippen LogP contribution in [0.1, 0.15) is 13.8 Å². The smallest absolute Gasteiger partial charge is 0.187 e. The summed E-state index contributed by atoms with van der Waals surface area (Å²) in [5, 5.41) is 3.08. The number of rotatable bonds is 5. The molecular weight excluding hydrogens is 228 g/mol. The quantitative estimate of drug-likeness (QED) is 0.496. The number of nitrogens with two attached hydrogens (primary N) is 2. The lowest BCUT2D eigenvalue weighted by Crippen LogP contribution is -2.28. The summed E-state index contributed by atoms with van der Waals surface area (Å²) in [5.41, 5.74) is 13.1. The molecular formula is C10H18N2O3S. The van der Waals surface area contributed by atoms with E-state index < -0.39 is 17.1 Å². The van der Waals surface area contributed by atoms with Gasteiger partial charge in [-0.1, -0.05) is 0 Å². The highest BCUT2D eigenvalue weighted by molar-refractivity contribution is 8.13. The summed E-state index contributed by atoms with van der Waals surface area (Å²) < 4.78 is 20.3. The van der Waals surface area contributed by atoms with E-state index in [9.17, 15) is 4.55 Å². The molecule has 0 aliphatic carbocycles. The van der Waals surface area contributed by atoms with Crippen molar-refractivity contribution >= 4 is 16.1 Å². The Kier molecular flexibility index (Phi) is 5.01. The van der Waals surface area contributed by atoms with Crippen molar-refractivity contribution in [3.05, 3.63) is 22.4 Å². The van der Waals surface area contributed by atoms with E-state index in [1.165, 1.54) is 10.8 Å². The third-order valence-corrected chi connectivity index (χ3v) is 2.98. The number of ether oxygens (including phenoxy) is 2. The molecule has 16 heavy (non-hydrogen) atoms. The van der Waals surface area contributed by atoms with Gasteiger partial charge in [0.2, 0.25) is 0 Å². The number of allylic oxidation sites excluding steroid dienone is 1. The molecule has 5 nitrogen and oxygen atoms in total. The molecule has 0 aromatic rings. The van der Waals surface area contributed by atoms with E-state index in [0.717, 1.165) is 0 Å². The molecule has 0 amide bonds. The monoisotopic (exact) mass is 246 g/mol. The highest BCUT2D eigenvalue weighted by Crippen LogP contribution is 2.25. The Hall–Kier alpha value is -0.820. The molecule has 0 aromatic carbocycles. The molecule has 1 unspecified atom stereocenters. The molecule has 1 aliphatic rings. The van der Waals surface area contributed by atoms with Crippen LogP contribution in [0.3, 0.4) is 0 Å². The van der Waals surface area contributed by atoms with Crippen LogP contribution < -0.4 is 11.5 Å². The normalized spacial score (nSPS) is 21.0. The lowest BCUT2D eigenvalue weighted by molar-refractivity contribution is -0.110. The second-order valence-corrected chi connectivity index (χ2v) is 4.31. The number of hydrogen-bond acceptors (Lipinski definition) is 5. The second-order valence-electron chi connectivity index (χ2n) is 3.15. The van der Waals surface area contributed by atoms with Gasteiger partial charge in [-0.2, -0.15) is 0 Å². The maximum atomic E-state index is 9.43. The second kappa shape index (κ2) is 6.05. The van der Waals surface area contributed by atoms with Crippen LogP contribution in [0, 0.1) is 0 Å². The van der Waals surface area contributed by atoms with Gasteiger partial charge in [0.05, 0.1) is 5.57 Å². The average molecular weight is 246 g/mol. The van der Waals surface area contributed by atoms with Crippen molar-refractivity contribution in [3.8, 4) is 0 Å². The van der Waals surface area contributed by atoms with Crippen molar-refractivity contribution in [2.45, 2.75) is 20.1 Å². The van der Waals surface area contributed by atoms with E-state index in [1.54, 1.807) is 0 Å². The van der Waals surface area contributed by atoms with E-state index >= 15 is 0 Å². The topological polar surface area (TPSA) is 90.7 Å². The molecule has 1 aliphatic heterocycles. The zero-order valence-corrected chi connectivity index (χ0v) is 10.3. The van der Waals surface area contributed by atoms with Crippen LogP contribution in [0.4, 0.5) is 0 Å². The van der Waals surface area contributed by atoms with Crippen molar-refractivity contribution in [1.82, 2.24) is 0 Å². The van der Waals surface area contributed by atoms with Crippen LogP contribution >= 0.6 is 10.8 Å². The van der Waals surface area contributed by atoms with Gasteiger partial charge in [0.15, 0.2) is 6.29 Å². The molecule has 92 valence electrons. The summed E-state index contributed by atoms with van der Waals surface area (Å²) >= 11 is 0. The van der Waals surface area contributed by atoms with Crippen molar-refractivity contribution in [2.75, 3.05) is 13.2 Å². The van der Waals surface area contributed by atoms with Gasteiger partial charge in [-0.3, -0.25) is 0 Å². The Morgan fingerprint density at radius 3 is 2.31 bits per heavy atom. The van der Waals surface area contributed by atoms with Crippen LogP contribution in [-0.2, 0) is 9.47 Å². The van der Waals surface area contributed by atoms with Crippen molar-refractivity contribution < 1.29 is 14.0 Å². The zero-order chi connectivity index (χ0) is 12.1. The minimum absolute atomic E-state index is 0.415. The summed E-state index contributed by atoms with van der Waals surface area (Å²) in [5.74, 6) is 0. The Bertz CT molecular complexity index is 341. The van der Waals surface area contributed by atoms with Crippen LogP contribution in [0.25, 0.3) is 0 Å². The maximum absolute atomic E-state index is 9.43. The van der Waals surface area contributed by atoms with E-state index in [4.69, 9.17) is 20.9 Å². The third-order valence-electron chi connectivity index (χ3n) is 1.99. The fourth-order valence-corrected chi connectivity index (χ4v) is 2.22. The van der Waals surface area contributed by atoms with E-state index in [1.807, 2.05) is 13.8 Å². The van der Waals surface area contributed by atoms with E-state index in [-0.39, 0.29) is 0 Å². The summed E-state index contributed by atoms with van der Waals surface area (Å²) in [7, 11) is -1.00. The standard InChI is InChI=1S/C10H18N2O3S/c1-3-14-10(15-4-2)9-7(11)5-16(13)6-8(9)12/h5-6,10,13H,3-4,11-12H2,1-2H3. The minimum Gasteiger partial charge on any atom is -0.398 e. The first-order valence-corrected chi connectivity index (χ1v) is 6.37. The van der Waals surface area contributed by atoms with Gasteiger partial charge in [0.25, 0.3) is 0 Å². The first-order valence-electron chi connectivity index (χ1n) is 5.06. The molecule has 0 saturated carbocycles. The fraction of sp³-hybridized carbons (Fsp3) is 0.500. The zero-order valence-electron chi connectivity index (χ0n) is 9.47. The van der Waals surface area contributed by atoms with Gasteiger partial charge in [-0.05, 0) is 24.6 Å². The Morgan fingerprint density at radius 2 is 1.88 bits per heavy atom. The molecule has 6 heteroatoms. The van der Waals surface area contributed by atoms with Gasteiger partial charge in [0.1, 0.15) is 0 Å². The predicted octanol–water partition coefficient (Wildman–Crippen LogP) is 0.956. The lowest BCUT2D eigenvalue weighted by Gasteiger charge is -2.23. The van der Waals surface area contributed by atoms with Gasteiger partial charge in [-0.15, -0.1) is 0 Å². The summed E-state index contributed by atoms with van der Waals surface area (Å²) in [6.07, 6.45) is -0.570. The van der Waals surface area contributed by atoms with Crippen molar-refractivity contribution in [3.63, 3.8) is 0 Å². The third kappa shape index (κ3) is 3.08. The minimum atomic E-state index is -1.00. The fourth-order valence-electron chi connectivity index (χ4n) is 1.38. The molecule has 5 N–H and O–H groups in total. The van der Waals surface area contributed by atoms with Gasteiger partial charge in [-0.25, -0.2) is 0 Å². The van der Waals surface area contributed by atoms with Crippen LogP contribution in [-0.4, -0.2) is 29.4 Å². The van der Waals surface area contributed by atoms with Crippen LogP contribution in [0.2, 0.25) is 0 Å². The number of hydrogen-bond donors (Lipinski definition) is 3. The molecule has 0 saturated heterocycles. The molecule has 1 heterocycles. The molecule has 0 spiro atoms. The largest absolute Gasteiger partial charge is 0.398 e. The molecule has 1 atom stereocenters. The van der Waals surface area contributed by atoms with Gasteiger partial charge in [0, 0.05) is 35.4 Å². The van der Waals surface area contributed by atoms with Crippen molar-refractivity contribution in [2.24, 2.45) is 11.5 Å². The molecule has 0 radical (unpaired) electrons. The Labute approximate surface area is 97.8 Å². The lowest BCUT2D eigenvalue weighted by atomic mass is 10.1. The Morgan fingerprint density at radius 1 is 1.31 bits per heavy atom. The molecule has 0 fully saturated rings. The van der Waals surface area contributed by atoms with Gasteiger partial charge >= 0.3 is 0 Å². The first kappa shape index (κ1) is 13.2. The summed E-state index contributed by atoms with van der Waals surface area (Å²) in [6, 6.07) is 0. The molecule has 0 bridgehead atoms. The van der Waals surface area contributed by atoms with Crippen molar-refractivity contribution in [1.29, 1.82) is 0 Å². The average Bonchev–Trinajstić information content (AvgIpc) is 2.16. The Balaban J connectivity index is 2.99. The highest BCUT2D eigenvalue weighted by atomic mass is 32.2. The molecule has 1 rings (SSSR count). The highest BCUT2D eigenvalue weighted by Gasteiger charge is 2.22. The van der Waals surface area contributed by atoms with E-state index in [0.29, 0.717) is 30.2 Å². The van der Waals surface area contributed by atoms with Gasteiger partial charge < -0.3 is 25.5 Å². The summed E-state index contributed by atoms with van der Waals surface area (Å²) in [4.78, 5) is 0. The SMILES string of the molecule is CCOC(OCC)C1=C(N)C=S(O)C=C1N. The maximum Gasteiger partial charge on any atom is 0.187 e. The summed E-state index contributed by atoms with van der Waals surface area (Å²) in [6.45, 7) is 4.73. The van der Waals surface area contributed by atoms with Crippen LogP contribution in [0.5, 0.6) is 0 Å². The van der Waals surface area contributed by atoms with E-state index in [2.05, 4.69) is 0 Å². The molecule has 0 aromatic heterocycles. The van der Waals surface area contributed by atoms with Crippen LogP contribution in [0.15, 0.2) is 22.4 Å². The first-order chi connectivity index (χ1) is 7.60. The predicted molar refractivity (Wildman–Crippen MR) is 66.8 cm³/mol.